The average molecular weight is 350 g/mol. The van der Waals surface area contributed by atoms with Gasteiger partial charge in [-0.05, 0) is 55.6 Å². The number of imidazole rings is 1. The molecule has 3 N–H and O–H groups in total. The molecule has 2 aromatic carbocycles. The van der Waals surface area contributed by atoms with Crippen molar-refractivity contribution in [1.29, 1.82) is 0 Å². The van der Waals surface area contributed by atoms with Gasteiger partial charge in [-0.3, -0.25) is 0 Å². The molecule has 136 valence electrons. The lowest BCUT2D eigenvalue weighted by molar-refractivity contribution is 0.199. The third-order valence-corrected chi connectivity index (χ3v) is 5.32. The second-order valence-electron chi connectivity index (χ2n) is 7.19. The molecule has 26 heavy (non-hydrogen) atoms. The van der Waals surface area contributed by atoms with Crippen molar-refractivity contribution >= 4 is 11.0 Å². The summed E-state index contributed by atoms with van der Waals surface area (Å²) in [5.74, 6) is 0. The molecule has 5 heteroatoms. The van der Waals surface area contributed by atoms with Crippen molar-refractivity contribution in [2.75, 3.05) is 19.6 Å². The van der Waals surface area contributed by atoms with E-state index in [1.165, 1.54) is 24.0 Å². The number of hydrogen-bond acceptors (Lipinski definition) is 3. The third kappa shape index (κ3) is 4.23. The number of rotatable bonds is 6. The van der Waals surface area contributed by atoms with Gasteiger partial charge in [0.05, 0.1) is 11.0 Å². The van der Waals surface area contributed by atoms with E-state index in [0.29, 0.717) is 6.04 Å². The van der Waals surface area contributed by atoms with Crippen LogP contribution in [0.1, 0.15) is 24.0 Å². The predicted molar refractivity (Wildman–Crippen MR) is 105 cm³/mol. The van der Waals surface area contributed by atoms with E-state index in [0.717, 1.165) is 43.6 Å². The molecule has 5 nitrogen and oxygen atoms in total. The monoisotopic (exact) mass is 350 g/mol. The average Bonchev–Trinajstić information content (AvgIpc) is 3.05. The molecule has 1 aliphatic heterocycles. The van der Waals surface area contributed by atoms with E-state index in [4.69, 9.17) is 0 Å². The van der Waals surface area contributed by atoms with Gasteiger partial charge in [0.1, 0.15) is 0 Å². The number of aromatic nitrogens is 2. The molecule has 0 amide bonds. The lowest BCUT2D eigenvalue weighted by Gasteiger charge is -2.32. The maximum Gasteiger partial charge on any atom is 0.323 e. The van der Waals surface area contributed by atoms with Crippen LogP contribution >= 0.6 is 0 Å². The highest BCUT2D eigenvalue weighted by Gasteiger charge is 2.18. The van der Waals surface area contributed by atoms with Crippen LogP contribution in [-0.4, -0.2) is 40.5 Å². The fourth-order valence-electron chi connectivity index (χ4n) is 3.74. The third-order valence-electron chi connectivity index (χ3n) is 5.32. The molecule has 3 aromatic rings. The van der Waals surface area contributed by atoms with Crippen LogP contribution in [0.5, 0.6) is 0 Å². The maximum atomic E-state index is 11.3. The van der Waals surface area contributed by atoms with Crippen molar-refractivity contribution in [1.82, 2.24) is 20.2 Å². The van der Waals surface area contributed by atoms with Gasteiger partial charge in [-0.15, -0.1) is 0 Å². The smallest absolute Gasteiger partial charge is 0.310 e. The minimum Gasteiger partial charge on any atom is -0.310 e. The second-order valence-corrected chi connectivity index (χ2v) is 7.19. The minimum absolute atomic E-state index is 0.145. The molecular formula is C21H26N4O. The van der Waals surface area contributed by atoms with E-state index < -0.39 is 0 Å². The van der Waals surface area contributed by atoms with Crippen LogP contribution in [0, 0.1) is 0 Å². The summed E-state index contributed by atoms with van der Waals surface area (Å²) in [6.07, 6.45) is 3.52. The van der Waals surface area contributed by atoms with Gasteiger partial charge in [0.15, 0.2) is 0 Å². The summed E-state index contributed by atoms with van der Waals surface area (Å²) < 4.78 is 0. The van der Waals surface area contributed by atoms with Gasteiger partial charge in [-0.2, -0.15) is 0 Å². The van der Waals surface area contributed by atoms with Crippen molar-refractivity contribution in [2.24, 2.45) is 0 Å². The van der Waals surface area contributed by atoms with E-state index in [-0.39, 0.29) is 5.69 Å². The Bertz CT molecular complexity index is 891. The highest BCUT2D eigenvalue weighted by molar-refractivity contribution is 5.74. The Kier molecular flexibility index (Phi) is 5.18. The normalized spacial score (nSPS) is 16.3. The standard InChI is InChI=1S/C21H26N4O/c26-21-23-19-7-6-17(14-20(19)24-21)15-22-18-9-12-25(13-10-18)11-8-16-4-2-1-3-5-16/h1-7,14,18,22H,8-13,15H2,(H2,23,24,26). The van der Waals surface area contributed by atoms with Gasteiger partial charge in [0.2, 0.25) is 0 Å². The molecular weight excluding hydrogens is 324 g/mol. The van der Waals surface area contributed by atoms with Crippen molar-refractivity contribution in [3.63, 3.8) is 0 Å². The van der Waals surface area contributed by atoms with Gasteiger partial charge >= 0.3 is 5.69 Å². The van der Waals surface area contributed by atoms with Crippen LogP contribution < -0.4 is 11.0 Å². The first-order chi connectivity index (χ1) is 12.8. The Morgan fingerprint density at radius 1 is 0.962 bits per heavy atom. The van der Waals surface area contributed by atoms with Crippen LogP contribution in [0.3, 0.4) is 0 Å². The van der Waals surface area contributed by atoms with Gasteiger partial charge in [-0.1, -0.05) is 36.4 Å². The van der Waals surface area contributed by atoms with Crippen LogP contribution in [0.25, 0.3) is 11.0 Å². The number of benzene rings is 2. The van der Waals surface area contributed by atoms with Gasteiger partial charge in [-0.25, -0.2) is 4.79 Å². The Hall–Kier alpha value is -2.37. The molecule has 0 atom stereocenters. The Labute approximate surface area is 153 Å². The van der Waals surface area contributed by atoms with Crippen LogP contribution in [0.4, 0.5) is 0 Å². The number of hydrogen-bond donors (Lipinski definition) is 3. The van der Waals surface area contributed by atoms with Crippen LogP contribution in [0.2, 0.25) is 0 Å². The molecule has 4 rings (SSSR count). The SMILES string of the molecule is O=c1[nH]c2ccc(CNC3CCN(CCc4ccccc4)CC3)cc2[nH]1. The van der Waals surface area contributed by atoms with Crippen LogP contribution in [-0.2, 0) is 13.0 Å². The lowest BCUT2D eigenvalue weighted by Crippen LogP contribution is -2.42. The summed E-state index contributed by atoms with van der Waals surface area (Å²) in [4.78, 5) is 19.5. The number of nitrogens with one attached hydrogen (secondary N) is 3. The van der Waals surface area contributed by atoms with E-state index >= 15 is 0 Å². The first kappa shape index (κ1) is 17.1. The van der Waals surface area contributed by atoms with E-state index in [1.807, 2.05) is 6.07 Å². The summed E-state index contributed by atoms with van der Waals surface area (Å²) in [6.45, 7) is 4.31. The summed E-state index contributed by atoms with van der Waals surface area (Å²) in [5, 5.41) is 3.67. The molecule has 0 spiro atoms. The Balaban J connectivity index is 1.22. The zero-order valence-corrected chi connectivity index (χ0v) is 15.0. The topological polar surface area (TPSA) is 63.9 Å². The van der Waals surface area contributed by atoms with Gasteiger partial charge in [0.25, 0.3) is 0 Å². The molecule has 0 bridgehead atoms. The second kappa shape index (κ2) is 7.89. The lowest BCUT2D eigenvalue weighted by atomic mass is 10.0. The number of aromatic amines is 2. The molecule has 2 heterocycles. The molecule has 0 aliphatic carbocycles. The maximum absolute atomic E-state index is 11.3. The summed E-state index contributed by atoms with van der Waals surface area (Å²) in [6, 6.07) is 17.4. The number of H-pyrrole nitrogens is 2. The van der Waals surface area contributed by atoms with E-state index in [1.54, 1.807) is 0 Å². The minimum atomic E-state index is -0.145. The number of likely N-dealkylation sites (tertiary alicyclic amines) is 1. The Morgan fingerprint density at radius 3 is 2.54 bits per heavy atom. The van der Waals surface area contributed by atoms with Crippen molar-refractivity contribution in [3.05, 3.63) is 70.1 Å². The highest BCUT2D eigenvalue weighted by Crippen LogP contribution is 2.14. The molecule has 1 aliphatic rings. The Morgan fingerprint density at radius 2 is 1.73 bits per heavy atom. The summed E-state index contributed by atoms with van der Waals surface area (Å²) in [7, 11) is 0. The van der Waals surface area contributed by atoms with E-state index in [9.17, 15) is 4.79 Å². The number of nitrogens with zero attached hydrogens (tertiary/aromatic N) is 1. The first-order valence-corrected chi connectivity index (χ1v) is 9.47. The zero-order chi connectivity index (χ0) is 17.8. The number of piperidine rings is 1. The van der Waals surface area contributed by atoms with Gasteiger partial charge in [0, 0.05) is 19.1 Å². The fourth-order valence-corrected chi connectivity index (χ4v) is 3.74. The molecule has 1 aromatic heterocycles. The molecule has 0 saturated carbocycles. The van der Waals surface area contributed by atoms with Crippen molar-refractivity contribution in [2.45, 2.75) is 31.8 Å². The molecule has 1 fully saturated rings. The first-order valence-electron chi connectivity index (χ1n) is 9.47. The van der Waals surface area contributed by atoms with Gasteiger partial charge < -0.3 is 20.2 Å². The quantitative estimate of drug-likeness (QED) is 0.640. The molecule has 0 unspecified atom stereocenters. The predicted octanol–water partition coefficient (Wildman–Crippen LogP) is 2.65. The molecule has 0 radical (unpaired) electrons. The highest BCUT2D eigenvalue weighted by atomic mass is 16.1. The largest absolute Gasteiger partial charge is 0.323 e. The zero-order valence-electron chi connectivity index (χ0n) is 15.0. The van der Waals surface area contributed by atoms with Crippen molar-refractivity contribution < 1.29 is 0 Å². The van der Waals surface area contributed by atoms with E-state index in [2.05, 4.69) is 62.6 Å². The molecule has 1 saturated heterocycles. The fraction of sp³-hybridized carbons (Fsp3) is 0.381. The summed E-state index contributed by atoms with van der Waals surface area (Å²) in [5.41, 5.74) is 4.23. The van der Waals surface area contributed by atoms with Crippen molar-refractivity contribution in [3.8, 4) is 0 Å². The number of fused-ring (bicyclic) bond motifs is 1. The summed E-state index contributed by atoms with van der Waals surface area (Å²) >= 11 is 0. The van der Waals surface area contributed by atoms with Crippen LogP contribution in [0.15, 0.2) is 53.3 Å².